The molecule has 2 heteroatoms. The molecule has 0 aliphatic carbocycles. The van der Waals surface area contributed by atoms with Crippen molar-refractivity contribution in [2.45, 2.75) is 12.0 Å². The van der Waals surface area contributed by atoms with E-state index in [1.165, 1.54) is 11.1 Å². The van der Waals surface area contributed by atoms with Crippen LogP contribution in [0.1, 0.15) is 17.5 Å². The minimum absolute atomic E-state index is 0.313. The number of hydrogen-bond donors (Lipinski definition) is 0. The van der Waals surface area contributed by atoms with Gasteiger partial charge in [-0.15, -0.1) is 0 Å². The van der Waals surface area contributed by atoms with Crippen molar-refractivity contribution in [3.63, 3.8) is 0 Å². The highest BCUT2D eigenvalue weighted by molar-refractivity contribution is 5.38. The molecule has 0 amide bonds. The zero-order chi connectivity index (χ0) is 14.7. The van der Waals surface area contributed by atoms with Crippen molar-refractivity contribution in [3.8, 4) is 0 Å². The number of nitrogens with zero attached hydrogens (tertiary/aromatic N) is 1. The summed E-state index contributed by atoms with van der Waals surface area (Å²) in [4.78, 5) is 2.26. The number of ether oxygens (including phenoxy) is 1. The van der Waals surface area contributed by atoms with Crippen LogP contribution in [0.3, 0.4) is 0 Å². The second-order valence-electron chi connectivity index (χ2n) is 6.06. The van der Waals surface area contributed by atoms with Crippen LogP contribution in [0.25, 0.3) is 0 Å². The Morgan fingerprint density at radius 2 is 1.48 bits per heavy atom. The van der Waals surface area contributed by atoms with Gasteiger partial charge in [0, 0.05) is 19.1 Å². The third-order valence-electron chi connectivity index (χ3n) is 4.36. The molecule has 0 unspecified atom stereocenters. The molecule has 0 radical (unpaired) electrons. The Bertz CT molecular complexity index is 525. The third kappa shape index (κ3) is 2.61. The minimum atomic E-state index is -0.313. The van der Waals surface area contributed by atoms with Crippen molar-refractivity contribution >= 4 is 0 Å². The Morgan fingerprint density at radius 1 is 0.952 bits per heavy atom. The Labute approximate surface area is 127 Å². The van der Waals surface area contributed by atoms with Crippen molar-refractivity contribution in [1.82, 2.24) is 4.90 Å². The molecule has 21 heavy (non-hydrogen) atoms. The Hall–Kier alpha value is -1.64. The van der Waals surface area contributed by atoms with E-state index < -0.39 is 0 Å². The van der Waals surface area contributed by atoms with Crippen LogP contribution in [0.2, 0.25) is 0 Å². The molecule has 1 aliphatic rings. The van der Waals surface area contributed by atoms with Gasteiger partial charge >= 0.3 is 0 Å². The molecular formula is C19H23NO. The smallest absolute Gasteiger partial charge is 0.122 e. The molecule has 3 rings (SSSR count). The first kappa shape index (κ1) is 14.3. The summed E-state index contributed by atoms with van der Waals surface area (Å²) in [6, 6.07) is 21.3. The van der Waals surface area contributed by atoms with Crippen molar-refractivity contribution in [3.05, 3.63) is 71.8 Å². The molecule has 0 spiro atoms. The monoisotopic (exact) mass is 281 g/mol. The average Bonchev–Trinajstić information content (AvgIpc) is 2.93. The lowest BCUT2D eigenvalue weighted by molar-refractivity contribution is 0.00438. The SMILES string of the molecule is CN(C)C[C@@H]1CCOC1(c1ccccc1)c1ccccc1. The molecule has 1 atom stereocenters. The van der Waals surface area contributed by atoms with Crippen LogP contribution in [0, 0.1) is 5.92 Å². The molecule has 0 bridgehead atoms. The predicted octanol–water partition coefficient (Wildman–Crippen LogP) is 3.53. The van der Waals surface area contributed by atoms with Gasteiger partial charge in [-0.2, -0.15) is 0 Å². The summed E-state index contributed by atoms with van der Waals surface area (Å²) in [5.41, 5.74) is 2.22. The van der Waals surface area contributed by atoms with Gasteiger partial charge in [-0.25, -0.2) is 0 Å². The minimum Gasteiger partial charge on any atom is -0.365 e. The summed E-state index contributed by atoms with van der Waals surface area (Å²) in [5, 5.41) is 0. The Morgan fingerprint density at radius 3 is 1.95 bits per heavy atom. The largest absolute Gasteiger partial charge is 0.365 e. The predicted molar refractivity (Wildman–Crippen MR) is 86.3 cm³/mol. The van der Waals surface area contributed by atoms with E-state index in [0.717, 1.165) is 19.6 Å². The highest BCUT2D eigenvalue weighted by Crippen LogP contribution is 2.46. The lowest BCUT2D eigenvalue weighted by Gasteiger charge is -2.37. The summed E-state index contributed by atoms with van der Waals surface area (Å²) in [6.45, 7) is 1.85. The summed E-state index contributed by atoms with van der Waals surface area (Å²) in [5.74, 6) is 0.470. The lowest BCUT2D eigenvalue weighted by atomic mass is 9.76. The molecule has 2 aromatic carbocycles. The van der Waals surface area contributed by atoms with E-state index in [-0.39, 0.29) is 5.60 Å². The fourth-order valence-electron chi connectivity index (χ4n) is 3.52. The maximum Gasteiger partial charge on any atom is 0.122 e. The van der Waals surface area contributed by atoms with Gasteiger partial charge < -0.3 is 9.64 Å². The van der Waals surface area contributed by atoms with E-state index in [4.69, 9.17) is 4.74 Å². The zero-order valence-corrected chi connectivity index (χ0v) is 12.8. The topological polar surface area (TPSA) is 12.5 Å². The molecular weight excluding hydrogens is 258 g/mol. The second kappa shape index (κ2) is 6.00. The summed E-state index contributed by atoms with van der Waals surface area (Å²) < 4.78 is 6.40. The lowest BCUT2D eigenvalue weighted by Crippen LogP contribution is -2.39. The second-order valence-corrected chi connectivity index (χ2v) is 6.06. The van der Waals surface area contributed by atoms with Gasteiger partial charge in [0.2, 0.25) is 0 Å². The maximum atomic E-state index is 6.40. The van der Waals surface area contributed by atoms with E-state index in [1.54, 1.807) is 0 Å². The highest BCUT2D eigenvalue weighted by atomic mass is 16.5. The van der Waals surface area contributed by atoms with Crippen LogP contribution >= 0.6 is 0 Å². The van der Waals surface area contributed by atoms with Crippen molar-refractivity contribution < 1.29 is 4.74 Å². The van der Waals surface area contributed by atoms with Gasteiger partial charge in [0.15, 0.2) is 0 Å². The zero-order valence-electron chi connectivity index (χ0n) is 12.8. The van der Waals surface area contributed by atoms with Crippen LogP contribution < -0.4 is 0 Å². The standard InChI is InChI=1S/C19H23NO/c1-20(2)15-18-13-14-21-19(18,16-9-5-3-6-10-16)17-11-7-4-8-12-17/h3-12,18H,13-15H2,1-2H3/t18-/m0/s1. The third-order valence-corrected chi connectivity index (χ3v) is 4.36. The highest BCUT2D eigenvalue weighted by Gasteiger charge is 2.47. The number of rotatable bonds is 4. The van der Waals surface area contributed by atoms with Crippen LogP contribution in [0.5, 0.6) is 0 Å². The number of hydrogen-bond acceptors (Lipinski definition) is 2. The average molecular weight is 281 g/mol. The molecule has 1 fully saturated rings. The molecule has 0 N–H and O–H groups in total. The van der Waals surface area contributed by atoms with Crippen molar-refractivity contribution in [2.24, 2.45) is 5.92 Å². The van der Waals surface area contributed by atoms with Gasteiger partial charge in [0.1, 0.15) is 5.60 Å². The van der Waals surface area contributed by atoms with E-state index in [2.05, 4.69) is 79.7 Å². The summed E-state index contributed by atoms with van der Waals surface area (Å²) in [7, 11) is 4.28. The van der Waals surface area contributed by atoms with E-state index in [1.807, 2.05) is 0 Å². The molecule has 2 nitrogen and oxygen atoms in total. The molecule has 1 aliphatic heterocycles. The molecule has 110 valence electrons. The quantitative estimate of drug-likeness (QED) is 0.850. The fourth-order valence-corrected chi connectivity index (χ4v) is 3.52. The first-order chi connectivity index (χ1) is 10.2. The van der Waals surface area contributed by atoms with Gasteiger partial charge in [-0.3, -0.25) is 0 Å². The molecule has 1 heterocycles. The fraction of sp³-hybridized carbons (Fsp3) is 0.368. The molecule has 0 saturated carbocycles. The normalized spacial score (nSPS) is 20.8. The Balaban J connectivity index is 2.11. The molecule has 0 aromatic heterocycles. The van der Waals surface area contributed by atoms with E-state index >= 15 is 0 Å². The molecule has 1 saturated heterocycles. The van der Waals surface area contributed by atoms with Crippen LogP contribution in [-0.4, -0.2) is 32.1 Å². The van der Waals surface area contributed by atoms with E-state index in [0.29, 0.717) is 5.92 Å². The van der Waals surface area contributed by atoms with Crippen LogP contribution in [0.15, 0.2) is 60.7 Å². The summed E-state index contributed by atoms with van der Waals surface area (Å²) >= 11 is 0. The van der Waals surface area contributed by atoms with Gasteiger partial charge in [0.05, 0.1) is 0 Å². The van der Waals surface area contributed by atoms with Gasteiger partial charge in [-0.05, 0) is 31.6 Å². The van der Waals surface area contributed by atoms with Gasteiger partial charge in [0.25, 0.3) is 0 Å². The Kier molecular flexibility index (Phi) is 4.09. The van der Waals surface area contributed by atoms with Crippen LogP contribution in [0.4, 0.5) is 0 Å². The van der Waals surface area contributed by atoms with Gasteiger partial charge in [-0.1, -0.05) is 60.7 Å². The van der Waals surface area contributed by atoms with Crippen molar-refractivity contribution in [1.29, 1.82) is 0 Å². The van der Waals surface area contributed by atoms with Crippen LogP contribution in [-0.2, 0) is 10.3 Å². The molecule has 2 aromatic rings. The first-order valence-electron chi connectivity index (χ1n) is 7.63. The summed E-state index contributed by atoms with van der Waals surface area (Å²) in [6.07, 6.45) is 1.10. The van der Waals surface area contributed by atoms with Crippen molar-refractivity contribution in [2.75, 3.05) is 27.2 Å². The first-order valence-corrected chi connectivity index (χ1v) is 7.63. The number of benzene rings is 2. The maximum absolute atomic E-state index is 6.40. The van der Waals surface area contributed by atoms with E-state index in [9.17, 15) is 0 Å².